The van der Waals surface area contributed by atoms with E-state index in [2.05, 4.69) is 5.32 Å². The molecule has 0 radical (unpaired) electrons. The smallest absolute Gasteiger partial charge is 0.283 e. The van der Waals surface area contributed by atoms with Crippen LogP contribution in [-0.2, 0) is 9.59 Å². The van der Waals surface area contributed by atoms with E-state index in [-0.39, 0.29) is 11.8 Å². The lowest BCUT2D eigenvalue weighted by molar-refractivity contribution is -0.120. The molecule has 1 N–H and O–H groups in total. The normalized spacial score (nSPS) is 13.9. The van der Waals surface area contributed by atoms with E-state index < -0.39 is 0 Å². The van der Waals surface area contributed by atoms with Crippen molar-refractivity contribution in [3.05, 3.63) is 100 Å². The summed E-state index contributed by atoms with van der Waals surface area (Å²) in [6.07, 6.45) is 0. The van der Waals surface area contributed by atoms with Crippen LogP contribution >= 0.6 is 11.8 Å². The molecule has 0 saturated heterocycles. The number of carbonyl (C=O) groups is 2. The topological polar surface area (TPSA) is 49.4 Å². The van der Waals surface area contributed by atoms with Crippen LogP contribution in [0.1, 0.15) is 16.7 Å². The minimum Gasteiger partial charge on any atom is -0.350 e. The lowest BCUT2D eigenvalue weighted by atomic mass is 10.1. The van der Waals surface area contributed by atoms with Crippen molar-refractivity contribution in [3.63, 3.8) is 0 Å². The first-order valence-corrected chi connectivity index (χ1v) is 10.5. The number of amides is 2. The van der Waals surface area contributed by atoms with Gasteiger partial charge in [0.15, 0.2) is 0 Å². The number of hydrogen-bond donors (Lipinski definition) is 1. The van der Waals surface area contributed by atoms with Crippen LogP contribution in [0.4, 0.5) is 11.4 Å². The third-order valence-electron chi connectivity index (χ3n) is 4.76. The monoisotopic (exact) mass is 414 g/mol. The molecule has 0 fully saturated rings. The second-order valence-corrected chi connectivity index (χ2v) is 8.49. The molecule has 3 aromatic rings. The number of rotatable bonds is 5. The van der Waals surface area contributed by atoms with E-state index in [0.717, 1.165) is 27.3 Å². The maximum Gasteiger partial charge on any atom is 0.283 e. The molecule has 4 nitrogen and oxygen atoms in total. The van der Waals surface area contributed by atoms with Gasteiger partial charge >= 0.3 is 0 Å². The van der Waals surface area contributed by atoms with Crippen LogP contribution in [0.3, 0.4) is 0 Å². The molecule has 0 bridgehead atoms. The second-order valence-electron chi connectivity index (χ2n) is 7.41. The van der Waals surface area contributed by atoms with Crippen LogP contribution in [-0.4, -0.2) is 11.8 Å². The Balaban J connectivity index is 1.77. The molecule has 1 heterocycles. The maximum atomic E-state index is 13.4. The molecule has 5 heteroatoms. The molecule has 4 rings (SSSR count). The van der Waals surface area contributed by atoms with E-state index in [0.29, 0.717) is 16.3 Å². The molecule has 0 aliphatic carbocycles. The number of carbonyl (C=O) groups excluding carboxylic acids is 2. The molecule has 0 atom stereocenters. The number of anilines is 2. The van der Waals surface area contributed by atoms with Crippen LogP contribution in [0.25, 0.3) is 0 Å². The van der Waals surface area contributed by atoms with Crippen LogP contribution in [0.5, 0.6) is 0 Å². The number of aryl methyl sites for hydroxylation is 3. The Morgan fingerprint density at radius 1 is 0.733 bits per heavy atom. The zero-order valence-electron chi connectivity index (χ0n) is 17.1. The van der Waals surface area contributed by atoms with Crippen LogP contribution in [0.2, 0.25) is 0 Å². The Kier molecular flexibility index (Phi) is 5.46. The van der Waals surface area contributed by atoms with E-state index in [1.807, 2.05) is 93.6 Å². The number of nitrogens with one attached hydrogen (secondary N) is 1. The van der Waals surface area contributed by atoms with Gasteiger partial charge in [-0.3, -0.25) is 9.59 Å². The Labute approximate surface area is 180 Å². The van der Waals surface area contributed by atoms with E-state index in [1.54, 1.807) is 0 Å². The third kappa shape index (κ3) is 4.02. The third-order valence-corrected chi connectivity index (χ3v) is 5.85. The molecule has 0 spiro atoms. The lowest BCUT2D eigenvalue weighted by Crippen LogP contribution is -2.32. The van der Waals surface area contributed by atoms with Crippen LogP contribution < -0.4 is 10.2 Å². The molecular weight excluding hydrogens is 392 g/mol. The Bertz CT molecular complexity index is 1150. The number of nitrogens with zero attached hydrogens (tertiary/aromatic N) is 1. The van der Waals surface area contributed by atoms with Gasteiger partial charge in [0.1, 0.15) is 10.6 Å². The second kappa shape index (κ2) is 8.20. The highest BCUT2D eigenvalue weighted by atomic mass is 32.2. The fraction of sp³-hybridized carbons (Fsp3) is 0.120. The summed E-state index contributed by atoms with van der Waals surface area (Å²) in [6.45, 7) is 5.91. The summed E-state index contributed by atoms with van der Waals surface area (Å²) in [5.74, 6) is -0.654. The molecular formula is C25H22N2O2S. The average Bonchev–Trinajstić information content (AvgIpc) is 2.92. The van der Waals surface area contributed by atoms with Gasteiger partial charge in [-0.2, -0.15) is 0 Å². The van der Waals surface area contributed by atoms with Gasteiger partial charge in [0, 0.05) is 10.6 Å². The number of thioether (sulfide) groups is 1. The first kappa shape index (κ1) is 20.0. The highest BCUT2D eigenvalue weighted by Gasteiger charge is 2.40. The molecule has 1 aliphatic heterocycles. The van der Waals surface area contributed by atoms with Crippen molar-refractivity contribution in [2.24, 2.45) is 0 Å². The van der Waals surface area contributed by atoms with Gasteiger partial charge in [0.05, 0.1) is 5.69 Å². The summed E-state index contributed by atoms with van der Waals surface area (Å²) in [6, 6.07) is 23.1. The van der Waals surface area contributed by atoms with Gasteiger partial charge in [-0.05, 0) is 73.9 Å². The first-order chi connectivity index (χ1) is 14.4. The van der Waals surface area contributed by atoms with E-state index in [4.69, 9.17) is 0 Å². The van der Waals surface area contributed by atoms with Crippen molar-refractivity contribution in [3.8, 4) is 0 Å². The molecule has 30 heavy (non-hydrogen) atoms. The van der Waals surface area contributed by atoms with E-state index in [1.165, 1.54) is 16.7 Å². The first-order valence-electron chi connectivity index (χ1n) is 9.70. The van der Waals surface area contributed by atoms with Gasteiger partial charge in [0.25, 0.3) is 11.8 Å². The molecule has 0 aromatic heterocycles. The summed E-state index contributed by atoms with van der Waals surface area (Å²) in [7, 11) is 0. The predicted octanol–water partition coefficient (Wildman–Crippen LogP) is 5.60. The summed E-state index contributed by atoms with van der Waals surface area (Å²) in [5.41, 5.74) is 4.75. The van der Waals surface area contributed by atoms with Gasteiger partial charge in [-0.15, -0.1) is 0 Å². The highest BCUT2D eigenvalue weighted by molar-refractivity contribution is 8.04. The molecule has 0 unspecified atom stereocenters. The van der Waals surface area contributed by atoms with Crippen LogP contribution in [0, 0.1) is 20.8 Å². The molecule has 2 amide bonds. The van der Waals surface area contributed by atoms with Crippen molar-refractivity contribution in [1.82, 2.24) is 0 Å². The minimum absolute atomic E-state index is 0.304. The van der Waals surface area contributed by atoms with Crippen molar-refractivity contribution < 1.29 is 9.59 Å². The Morgan fingerprint density at radius 2 is 1.43 bits per heavy atom. The summed E-state index contributed by atoms with van der Waals surface area (Å²) in [4.78, 5) is 29.4. The lowest BCUT2D eigenvalue weighted by Gasteiger charge is -2.17. The maximum absolute atomic E-state index is 13.4. The molecule has 150 valence electrons. The quantitative estimate of drug-likeness (QED) is 0.552. The number of benzene rings is 3. The Hall–Kier alpha value is -3.31. The SMILES string of the molecule is Cc1cccc(NC2=C(Sc3ccccc3)C(=O)N(c3cc(C)cc(C)c3)C2=O)c1. The zero-order chi connectivity index (χ0) is 21.3. The van der Waals surface area contributed by atoms with Gasteiger partial charge in [0.2, 0.25) is 0 Å². The van der Waals surface area contributed by atoms with E-state index >= 15 is 0 Å². The minimum atomic E-state index is -0.343. The summed E-state index contributed by atoms with van der Waals surface area (Å²) in [5, 5.41) is 3.21. The molecule has 1 aliphatic rings. The fourth-order valence-corrected chi connectivity index (χ4v) is 4.45. The molecule has 3 aromatic carbocycles. The van der Waals surface area contributed by atoms with Gasteiger partial charge < -0.3 is 5.32 Å². The van der Waals surface area contributed by atoms with Gasteiger partial charge in [-0.1, -0.05) is 48.2 Å². The van der Waals surface area contributed by atoms with Gasteiger partial charge in [-0.25, -0.2) is 4.90 Å². The summed E-state index contributed by atoms with van der Waals surface area (Å²) < 4.78 is 0. The standard InChI is InChI=1S/C25H22N2O2S/c1-16-8-7-9-19(13-16)26-22-23(30-21-10-5-4-6-11-21)25(29)27(24(22)28)20-14-17(2)12-18(3)15-20/h4-15,26H,1-3H3. The van der Waals surface area contributed by atoms with Crippen molar-refractivity contribution in [1.29, 1.82) is 0 Å². The summed E-state index contributed by atoms with van der Waals surface area (Å²) >= 11 is 1.31. The van der Waals surface area contributed by atoms with Crippen molar-refractivity contribution in [2.45, 2.75) is 25.7 Å². The van der Waals surface area contributed by atoms with E-state index in [9.17, 15) is 9.59 Å². The molecule has 0 saturated carbocycles. The predicted molar refractivity (Wildman–Crippen MR) is 123 cm³/mol. The highest BCUT2D eigenvalue weighted by Crippen LogP contribution is 2.38. The average molecular weight is 415 g/mol. The number of imide groups is 1. The fourth-order valence-electron chi connectivity index (χ4n) is 3.50. The van der Waals surface area contributed by atoms with Crippen molar-refractivity contribution >= 4 is 35.0 Å². The Morgan fingerprint density at radius 3 is 2.10 bits per heavy atom. The largest absolute Gasteiger partial charge is 0.350 e. The van der Waals surface area contributed by atoms with Crippen molar-refractivity contribution in [2.75, 3.05) is 10.2 Å². The van der Waals surface area contributed by atoms with Crippen LogP contribution in [0.15, 0.2) is 88.3 Å². The zero-order valence-corrected chi connectivity index (χ0v) is 17.9. The number of hydrogen-bond acceptors (Lipinski definition) is 4.